The van der Waals surface area contributed by atoms with Crippen molar-refractivity contribution in [2.75, 3.05) is 18.8 Å². The molecule has 0 amide bonds. The summed E-state index contributed by atoms with van der Waals surface area (Å²) in [4.78, 5) is -0.551. The quantitative estimate of drug-likeness (QED) is 0.868. The summed E-state index contributed by atoms with van der Waals surface area (Å²) < 4.78 is 53.5. The van der Waals surface area contributed by atoms with Crippen LogP contribution in [0.25, 0.3) is 0 Å². The lowest BCUT2D eigenvalue weighted by molar-refractivity contribution is 0.279. The van der Waals surface area contributed by atoms with Crippen molar-refractivity contribution in [2.24, 2.45) is 5.41 Å². The van der Waals surface area contributed by atoms with Crippen LogP contribution in [0.5, 0.6) is 0 Å². The van der Waals surface area contributed by atoms with Crippen LogP contribution < -0.4 is 5.73 Å². The van der Waals surface area contributed by atoms with Crippen molar-refractivity contribution in [3.05, 3.63) is 23.8 Å². The SMILES string of the molecule is CCC1(CC)CCN(S(=O)(=O)c2ccc(F)c(N)c2F)C1. The van der Waals surface area contributed by atoms with Crippen LogP contribution in [-0.2, 0) is 10.0 Å². The number of anilines is 1. The van der Waals surface area contributed by atoms with Crippen molar-refractivity contribution >= 4 is 15.7 Å². The van der Waals surface area contributed by atoms with E-state index in [2.05, 4.69) is 0 Å². The maximum atomic E-state index is 14.0. The van der Waals surface area contributed by atoms with Crippen LogP contribution in [0.4, 0.5) is 14.5 Å². The fourth-order valence-electron chi connectivity index (χ4n) is 2.81. The fraction of sp³-hybridized carbons (Fsp3) is 0.571. The third-order valence-electron chi connectivity index (χ3n) is 4.61. The van der Waals surface area contributed by atoms with Crippen LogP contribution in [0.1, 0.15) is 33.1 Å². The van der Waals surface area contributed by atoms with E-state index in [4.69, 9.17) is 5.73 Å². The Morgan fingerprint density at radius 2 is 1.90 bits per heavy atom. The molecule has 0 radical (unpaired) electrons. The summed E-state index contributed by atoms with van der Waals surface area (Å²) in [7, 11) is -3.99. The Bertz CT molecular complexity index is 643. The lowest BCUT2D eigenvalue weighted by Crippen LogP contribution is -2.32. The fourth-order valence-corrected chi connectivity index (χ4v) is 4.44. The third kappa shape index (κ3) is 2.64. The Morgan fingerprint density at radius 3 is 2.43 bits per heavy atom. The Labute approximate surface area is 124 Å². The number of halogens is 2. The zero-order valence-electron chi connectivity index (χ0n) is 12.2. The Morgan fingerprint density at radius 1 is 1.29 bits per heavy atom. The van der Waals surface area contributed by atoms with Gasteiger partial charge < -0.3 is 5.73 Å². The summed E-state index contributed by atoms with van der Waals surface area (Å²) in [5, 5.41) is 0. The van der Waals surface area contributed by atoms with Gasteiger partial charge in [0.2, 0.25) is 10.0 Å². The second kappa shape index (κ2) is 5.53. The molecule has 1 aromatic rings. The Balaban J connectivity index is 2.39. The number of nitrogens with zero attached hydrogens (tertiary/aromatic N) is 1. The van der Waals surface area contributed by atoms with Crippen LogP contribution in [0.3, 0.4) is 0 Å². The monoisotopic (exact) mass is 318 g/mol. The highest BCUT2D eigenvalue weighted by atomic mass is 32.2. The van der Waals surface area contributed by atoms with E-state index >= 15 is 0 Å². The van der Waals surface area contributed by atoms with Gasteiger partial charge in [-0.05, 0) is 36.8 Å². The molecular formula is C14H20F2N2O2S. The molecule has 4 nitrogen and oxygen atoms in total. The molecule has 1 heterocycles. The highest BCUT2D eigenvalue weighted by Crippen LogP contribution is 2.39. The van der Waals surface area contributed by atoms with Gasteiger partial charge in [-0.3, -0.25) is 0 Å². The standard InChI is InChI=1S/C14H20F2N2O2S/c1-3-14(4-2)7-8-18(9-14)21(19,20)11-6-5-10(15)13(17)12(11)16/h5-6H,3-4,7-9,17H2,1-2H3. The molecule has 0 spiro atoms. The van der Waals surface area contributed by atoms with Gasteiger partial charge in [-0.15, -0.1) is 0 Å². The highest BCUT2D eigenvalue weighted by molar-refractivity contribution is 7.89. The van der Waals surface area contributed by atoms with E-state index in [0.717, 1.165) is 31.4 Å². The van der Waals surface area contributed by atoms with Crippen LogP contribution in [0.15, 0.2) is 17.0 Å². The summed E-state index contributed by atoms with van der Waals surface area (Å²) in [6.45, 7) is 4.76. The van der Waals surface area contributed by atoms with Crippen LogP contribution >= 0.6 is 0 Å². The molecule has 0 bridgehead atoms. The van der Waals surface area contributed by atoms with Crippen molar-refractivity contribution in [1.82, 2.24) is 4.31 Å². The molecule has 0 aliphatic carbocycles. The molecular weight excluding hydrogens is 298 g/mol. The molecule has 1 saturated heterocycles. The second-order valence-electron chi connectivity index (χ2n) is 5.57. The first-order valence-electron chi connectivity index (χ1n) is 7.01. The maximum absolute atomic E-state index is 14.0. The zero-order valence-corrected chi connectivity index (χ0v) is 13.0. The maximum Gasteiger partial charge on any atom is 0.246 e. The van der Waals surface area contributed by atoms with Gasteiger partial charge in [-0.25, -0.2) is 17.2 Å². The smallest absolute Gasteiger partial charge is 0.246 e. The van der Waals surface area contributed by atoms with Gasteiger partial charge in [0.1, 0.15) is 16.4 Å². The average molecular weight is 318 g/mol. The van der Waals surface area contributed by atoms with E-state index in [-0.39, 0.29) is 5.41 Å². The summed E-state index contributed by atoms with van der Waals surface area (Å²) >= 11 is 0. The minimum Gasteiger partial charge on any atom is -0.394 e. The van der Waals surface area contributed by atoms with E-state index in [1.165, 1.54) is 4.31 Å². The number of rotatable bonds is 4. The number of sulfonamides is 1. The van der Waals surface area contributed by atoms with Gasteiger partial charge in [-0.1, -0.05) is 13.8 Å². The second-order valence-corrected chi connectivity index (χ2v) is 7.48. The minimum absolute atomic E-state index is 0.0604. The number of nitrogen functional groups attached to an aromatic ring is 1. The molecule has 0 saturated carbocycles. The zero-order chi connectivity index (χ0) is 15.8. The van der Waals surface area contributed by atoms with Crippen molar-refractivity contribution in [3.63, 3.8) is 0 Å². The summed E-state index contributed by atoms with van der Waals surface area (Å²) in [6.07, 6.45) is 2.48. The van der Waals surface area contributed by atoms with Gasteiger partial charge in [0.05, 0.1) is 0 Å². The van der Waals surface area contributed by atoms with Gasteiger partial charge in [0.15, 0.2) is 5.82 Å². The molecule has 2 N–H and O–H groups in total. The van der Waals surface area contributed by atoms with Crippen molar-refractivity contribution < 1.29 is 17.2 Å². The molecule has 1 fully saturated rings. The summed E-state index contributed by atoms with van der Waals surface area (Å²) in [5.41, 5.74) is 4.43. The van der Waals surface area contributed by atoms with Gasteiger partial charge in [0, 0.05) is 13.1 Å². The lowest BCUT2D eigenvalue weighted by atomic mass is 9.82. The molecule has 0 unspecified atom stereocenters. The van der Waals surface area contributed by atoms with Gasteiger partial charge in [0.25, 0.3) is 0 Å². The average Bonchev–Trinajstić information content (AvgIpc) is 2.90. The molecule has 1 aromatic carbocycles. The van der Waals surface area contributed by atoms with E-state index in [9.17, 15) is 17.2 Å². The van der Waals surface area contributed by atoms with E-state index in [0.29, 0.717) is 13.1 Å². The van der Waals surface area contributed by atoms with Crippen LogP contribution in [0.2, 0.25) is 0 Å². The van der Waals surface area contributed by atoms with E-state index in [1.54, 1.807) is 0 Å². The predicted octanol–water partition coefficient (Wildman–Crippen LogP) is 2.75. The molecule has 7 heteroatoms. The topological polar surface area (TPSA) is 63.4 Å². The van der Waals surface area contributed by atoms with Crippen molar-refractivity contribution in [2.45, 2.75) is 38.0 Å². The first-order valence-corrected chi connectivity index (χ1v) is 8.45. The minimum atomic E-state index is -3.99. The first kappa shape index (κ1) is 16.2. The third-order valence-corrected chi connectivity index (χ3v) is 6.47. The summed E-state index contributed by atoms with van der Waals surface area (Å²) in [6, 6.07) is 1.82. The summed E-state index contributed by atoms with van der Waals surface area (Å²) in [5.74, 6) is -2.16. The van der Waals surface area contributed by atoms with Gasteiger partial charge >= 0.3 is 0 Å². The highest BCUT2D eigenvalue weighted by Gasteiger charge is 2.41. The van der Waals surface area contributed by atoms with Crippen molar-refractivity contribution in [1.29, 1.82) is 0 Å². The van der Waals surface area contributed by atoms with Crippen LogP contribution in [-0.4, -0.2) is 25.8 Å². The number of hydrogen-bond donors (Lipinski definition) is 1. The molecule has 0 aromatic heterocycles. The molecule has 21 heavy (non-hydrogen) atoms. The number of hydrogen-bond acceptors (Lipinski definition) is 3. The van der Waals surface area contributed by atoms with E-state index < -0.39 is 32.2 Å². The van der Waals surface area contributed by atoms with Gasteiger partial charge in [-0.2, -0.15) is 4.31 Å². The number of nitrogens with two attached hydrogens (primary N) is 1. The first-order chi connectivity index (χ1) is 9.77. The normalized spacial score (nSPS) is 19.0. The molecule has 118 valence electrons. The molecule has 1 aliphatic rings. The van der Waals surface area contributed by atoms with Crippen molar-refractivity contribution in [3.8, 4) is 0 Å². The predicted molar refractivity (Wildman–Crippen MR) is 77.2 cm³/mol. The molecule has 0 atom stereocenters. The lowest BCUT2D eigenvalue weighted by Gasteiger charge is -2.26. The Kier molecular flexibility index (Phi) is 4.26. The molecule has 1 aliphatic heterocycles. The van der Waals surface area contributed by atoms with Crippen LogP contribution in [0, 0.1) is 17.0 Å². The van der Waals surface area contributed by atoms with E-state index in [1.807, 2.05) is 13.8 Å². The number of benzene rings is 1. The largest absolute Gasteiger partial charge is 0.394 e. The Hall–Kier alpha value is -1.21. The molecule has 2 rings (SSSR count).